The minimum Gasteiger partial charge on any atom is -0.394 e. The Labute approximate surface area is 153 Å². The molecule has 4 aliphatic rings. The number of aliphatic hydroxyl groups excluding tert-OH is 2. The summed E-state index contributed by atoms with van der Waals surface area (Å²) in [5.74, 6) is 0.164. The van der Waals surface area contributed by atoms with Gasteiger partial charge in [-0.1, -0.05) is 25.5 Å². The molecule has 0 amide bonds. The van der Waals surface area contributed by atoms with Crippen LogP contribution >= 0.6 is 0 Å². The average Bonchev–Trinajstić information content (AvgIpc) is 2.86. The van der Waals surface area contributed by atoms with Crippen molar-refractivity contribution >= 4 is 11.6 Å². The van der Waals surface area contributed by atoms with Gasteiger partial charge in [0.15, 0.2) is 5.78 Å². The van der Waals surface area contributed by atoms with Crippen molar-refractivity contribution in [1.82, 2.24) is 0 Å². The number of hydrogen-bond acceptors (Lipinski definition) is 5. The van der Waals surface area contributed by atoms with Crippen molar-refractivity contribution in [2.75, 3.05) is 6.61 Å². The lowest BCUT2D eigenvalue weighted by Crippen LogP contribution is -2.61. The standard InChI is InChI=1S/C21H28O5/c1-19-7-5-13(23)9-12(19)3-4-14-15-6-8-21(26,17(25)11-22)20(15,2)10-16(24)18(14)19/h5,7,9,14-15,17-18,22,25-26H,3-4,6,8,10-11H2,1-2H3/t14-,15-,17+,18+,19-,20-,21+/m0/s1. The van der Waals surface area contributed by atoms with E-state index in [0.717, 1.165) is 24.8 Å². The molecule has 142 valence electrons. The van der Waals surface area contributed by atoms with Crippen LogP contribution in [0, 0.1) is 28.6 Å². The molecule has 0 bridgehead atoms. The summed E-state index contributed by atoms with van der Waals surface area (Å²) in [7, 11) is 0. The van der Waals surface area contributed by atoms with Crippen LogP contribution in [0.5, 0.6) is 0 Å². The van der Waals surface area contributed by atoms with E-state index in [1.165, 1.54) is 0 Å². The van der Waals surface area contributed by atoms with Gasteiger partial charge in [-0.05, 0) is 49.7 Å². The Balaban J connectivity index is 1.75. The summed E-state index contributed by atoms with van der Waals surface area (Å²) in [5.41, 5.74) is -1.53. The predicted octanol–water partition coefficient (Wildman–Crippen LogP) is 1.56. The molecule has 0 unspecified atom stereocenters. The lowest BCUT2D eigenvalue weighted by molar-refractivity contribution is -0.186. The van der Waals surface area contributed by atoms with Crippen molar-refractivity contribution in [2.45, 2.75) is 57.7 Å². The third-order valence-corrected chi connectivity index (χ3v) is 8.20. The molecular weight excluding hydrogens is 332 g/mol. The number of Topliss-reactive ketones (excluding diaryl/α,β-unsaturated/α-hetero) is 1. The van der Waals surface area contributed by atoms with E-state index in [-0.39, 0.29) is 35.7 Å². The second kappa shape index (κ2) is 5.60. The fraction of sp³-hybridized carbons (Fsp3) is 0.714. The molecule has 4 rings (SSSR count). The minimum atomic E-state index is -1.43. The molecule has 0 aromatic carbocycles. The van der Waals surface area contributed by atoms with Crippen molar-refractivity contribution in [3.05, 3.63) is 23.8 Å². The van der Waals surface area contributed by atoms with E-state index in [9.17, 15) is 24.9 Å². The Morgan fingerprint density at radius 3 is 2.69 bits per heavy atom. The van der Waals surface area contributed by atoms with Crippen molar-refractivity contribution in [3.63, 3.8) is 0 Å². The Bertz CT molecular complexity index is 724. The maximum Gasteiger partial charge on any atom is 0.178 e. The molecule has 0 aromatic heterocycles. The number of carbonyl (C=O) groups excluding carboxylic acids is 2. The molecule has 26 heavy (non-hydrogen) atoms. The number of fused-ring (bicyclic) bond motifs is 5. The third-order valence-electron chi connectivity index (χ3n) is 8.20. The Morgan fingerprint density at radius 2 is 2.00 bits per heavy atom. The summed E-state index contributed by atoms with van der Waals surface area (Å²) in [6.45, 7) is 3.46. The molecule has 5 heteroatoms. The molecule has 4 aliphatic carbocycles. The van der Waals surface area contributed by atoms with Crippen LogP contribution in [-0.4, -0.2) is 45.2 Å². The van der Waals surface area contributed by atoms with Gasteiger partial charge in [0.25, 0.3) is 0 Å². The lowest BCUT2D eigenvalue weighted by atomic mass is 9.46. The number of aliphatic hydroxyl groups is 3. The molecule has 3 N–H and O–H groups in total. The van der Waals surface area contributed by atoms with Gasteiger partial charge >= 0.3 is 0 Å². The van der Waals surface area contributed by atoms with Crippen LogP contribution in [0.4, 0.5) is 0 Å². The maximum atomic E-state index is 13.3. The average molecular weight is 360 g/mol. The van der Waals surface area contributed by atoms with Crippen LogP contribution in [-0.2, 0) is 9.59 Å². The maximum absolute atomic E-state index is 13.3. The van der Waals surface area contributed by atoms with Crippen LogP contribution in [0.3, 0.4) is 0 Å². The smallest absolute Gasteiger partial charge is 0.178 e. The summed E-state index contributed by atoms with van der Waals surface area (Å²) < 4.78 is 0. The third kappa shape index (κ3) is 2.08. The molecule has 0 aliphatic heterocycles. The molecule has 3 fully saturated rings. The number of ketones is 2. The van der Waals surface area contributed by atoms with Crippen molar-refractivity contribution in [1.29, 1.82) is 0 Å². The molecular formula is C21H28O5. The van der Waals surface area contributed by atoms with Crippen molar-refractivity contribution < 1.29 is 24.9 Å². The topological polar surface area (TPSA) is 94.8 Å². The van der Waals surface area contributed by atoms with Gasteiger partial charge in [0.05, 0.1) is 12.2 Å². The molecule has 7 atom stereocenters. The summed E-state index contributed by atoms with van der Waals surface area (Å²) in [6.07, 6.45) is 6.91. The molecule has 0 radical (unpaired) electrons. The van der Waals surface area contributed by atoms with Crippen molar-refractivity contribution in [3.8, 4) is 0 Å². The van der Waals surface area contributed by atoms with Gasteiger partial charge in [-0.15, -0.1) is 0 Å². The van der Waals surface area contributed by atoms with Crippen LogP contribution in [0.15, 0.2) is 23.8 Å². The van der Waals surface area contributed by atoms with E-state index in [0.29, 0.717) is 6.42 Å². The van der Waals surface area contributed by atoms with Gasteiger partial charge in [-0.25, -0.2) is 0 Å². The number of hydrogen-bond donors (Lipinski definition) is 3. The molecule has 0 spiro atoms. The van der Waals surface area contributed by atoms with Gasteiger partial charge in [0.1, 0.15) is 11.9 Å². The molecule has 0 saturated heterocycles. The zero-order valence-electron chi connectivity index (χ0n) is 15.4. The first-order valence-electron chi connectivity index (χ1n) is 9.65. The second-order valence-electron chi connectivity index (χ2n) is 9.20. The summed E-state index contributed by atoms with van der Waals surface area (Å²) in [5, 5.41) is 31.0. The van der Waals surface area contributed by atoms with E-state index in [4.69, 9.17) is 0 Å². The van der Waals surface area contributed by atoms with Gasteiger partial charge in [0.2, 0.25) is 0 Å². The molecule has 0 heterocycles. The number of rotatable bonds is 2. The Morgan fingerprint density at radius 1 is 1.27 bits per heavy atom. The molecule has 3 saturated carbocycles. The van der Waals surface area contributed by atoms with Crippen LogP contribution < -0.4 is 0 Å². The zero-order chi connectivity index (χ0) is 18.9. The highest BCUT2D eigenvalue weighted by atomic mass is 16.4. The molecule has 5 nitrogen and oxygen atoms in total. The molecule has 0 aromatic rings. The number of allylic oxidation sites excluding steroid dienone is 4. The highest BCUT2D eigenvalue weighted by Gasteiger charge is 2.67. The van der Waals surface area contributed by atoms with Gasteiger partial charge in [-0.2, -0.15) is 0 Å². The Kier molecular flexibility index (Phi) is 3.89. The highest BCUT2D eigenvalue weighted by molar-refractivity contribution is 6.01. The first-order valence-corrected chi connectivity index (χ1v) is 9.65. The fourth-order valence-corrected chi connectivity index (χ4v) is 6.76. The monoisotopic (exact) mass is 360 g/mol. The SMILES string of the molecule is C[C@]12C=CC(=O)C=C1CC[C@@H]1[C@@H]2C(=O)C[C@@]2(C)[C@H]1CC[C@@]2(O)[C@H](O)CO. The largest absolute Gasteiger partial charge is 0.394 e. The van der Waals surface area contributed by atoms with E-state index >= 15 is 0 Å². The summed E-state index contributed by atoms with van der Waals surface area (Å²) >= 11 is 0. The zero-order valence-corrected chi connectivity index (χ0v) is 15.4. The second-order valence-corrected chi connectivity index (χ2v) is 9.20. The van der Waals surface area contributed by atoms with Crippen LogP contribution in [0.25, 0.3) is 0 Å². The Hall–Kier alpha value is -1.30. The summed E-state index contributed by atoms with van der Waals surface area (Å²) in [4.78, 5) is 25.1. The van der Waals surface area contributed by atoms with E-state index in [2.05, 4.69) is 6.92 Å². The van der Waals surface area contributed by atoms with Gasteiger partial charge in [-0.3, -0.25) is 9.59 Å². The van der Waals surface area contributed by atoms with E-state index in [1.807, 2.05) is 13.0 Å². The lowest BCUT2D eigenvalue weighted by Gasteiger charge is -2.57. The first kappa shape index (κ1) is 18.1. The van der Waals surface area contributed by atoms with Gasteiger partial charge < -0.3 is 15.3 Å². The van der Waals surface area contributed by atoms with Crippen LogP contribution in [0.2, 0.25) is 0 Å². The minimum absolute atomic E-state index is 0.00895. The number of carbonyl (C=O) groups is 2. The van der Waals surface area contributed by atoms with Gasteiger partial charge in [0, 0.05) is 23.2 Å². The predicted molar refractivity (Wildman–Crippen MR) is 95.0 cm³/mol. The first-order chi connectivity index (χ1) is 12.2. The van der Waals surface area contributed by atoms with E-state index in [1.54, 1.807) is 12.2 Å². The fourth-order valence-electron chi connectivity index (χ4n) is 6.76. The summed E-state index contributed by atoms with van der Waals surface area (Å²) in [6, 6.07) is 0. The normalized spacial score (nSPS) is 48.5. The highest BCUT2D eigenvalue weighted by Crippen LogP contribution is 2.66. The van der Waals surface area contributed by atoms with Crippen molar-refractivity contribution in [2.24, 2.45) is 28.6 Å². The van der Waals surface area contributed by atoms with E-state index < -0.39 is 29.1 Å². The quantitative estimate of drug-likeness (QED) is 0.695. The van der Waals surface area contributed by atoms with Crippen LogP contribution in [0.1, 0.15) is 46.0 Å².